The minimum Gasteiger partial charge on any atom is -0.382 e. The molecule has 0 amide bonds. The Kier molecular flexibility index (Phi) is 3.39. The van der Waals surface area contributed by atoms with E-state index in [-0.39, 0.29) is 16.0 Å². The molecule has 5 heteroatoms. The molecule has 84 valence electrons. The van der Waals surface area contributed by atoms with Crippen molar-refractivity contribution in [2.24, 2.45) is 12.5 Å². The molecule has 0 bridgehead atoms. The second-order valence-electron chi connectivity index (χ2n) is 4.72. The number of anilines is 1. The van der Waals surface area contributed by atoms with Gasteiger partial charge in [0.15, 0.2) is 0 Å². The molecule has 0 saturated heterocycles. The fraction of sp³-hybridized carbons (Fsp3) is 0.600. The average molecular weight is 230 g/mol. The van der Waals surface area contributed by atoms with E-state index in [1.807, 2.05) is 0 Å². The monoisotopic (exact) mass is 229 g/mol. The largest absolute Gasteiger partial charge is 0.382 e. The maximum absolute atomic E-state index is 11.4. The number of aryl methyl sites for hydroxylation is 1. The van der Waals surface area contributed by atoms with Gasteiger partial charge in [-0.3, -0.25) is 4.79 Å². The first-order valence-corrected chi connectivity index (χ1v) is 5.15. The number of nitrogens with zero attached hydrogens (tertiary/aromatic N) is 2. The Morgan fingerprint density at radius 3 is 2.67 bits per heavy atom. The van der Waals surface area contributed by atoms with Crippen LogP contribution in [0.5, 0.6) is 0 Å². The summed E-state index contributed by atoms with van der Waals surface area (Å²) in [7, 11) is 1.57. The van der Waals surface area contributed by atoms with Gasteiger partial charge in [0, 0.05) is 13.6 Å². The van der Waals surface area contributed by atoms with Crippen molar-refractivity contribution in [3.8, 4) is 0 Å². The molecule has 0 spiro atoms. The maximum atomic E-state index is 11.4. The van der Waals surface area contributed by atoms with Crippen molar-refractivity contribution in [1.29, 1.82) is 0 Å². The molecule has 0 aliphatic rings. The highest BCUT2D eigenvalue weighted by atomic mass is 35.5. The van der Waals surface area contributed by atoms with Crippen LogP contribution in [0.1, 0.15) is 20.8 Å². The summed E-state index contributed by atoms with van der Waals surface area (Å²) in [5, 5.41) is 7.20. The molecule has 1 aromatic rings. The minimum absolute atomic E-state index is 0.129. The fourth-order valence-corrected chi connectivity index (χ4v) is 1.23. The zero-order chi connectivity index (χ0) is 11.6. The lowest BCUT2D eigenvalue weighted by molar-refractivity contribution is 0.443. The van der Waals surface area contributed by atoms with Gasteiger partial charge in [-0.25, -0.2) is 4.68 Å². The van der Waals surface area contributed by atoms with Crippen molar-refractivity contribution < 1.29 is 0 Å². The van der Waals surface area contributed by atoms with Crippen LogP contribution in [0.15, 0.2) is 11.0 Å². The van der Waals surface area contributed by atoms with Crippen LogP contribution in [0, 0.1) is 5.41 Å². The fourth-order valence-electron chi connectivity index (χ4n) is 0.994. The number of aromatic nitrogens is 2. The molecule has 0 aromatic carbocycles. The SMILES string of the molecule is Cn1ncc(NCC(C)(C)C)c(Cl)c1=O. The zero-order valence-corrected chi connectivity index (χ0v) is 10.2. The summed E-state index contributed by atoms with van der Waals surface area (Å²) >= 11 is 5.89. The third-order valence-corrected chi connectivity index (χ3v) is 2.25. The Morgan fingerprint density at radius 1 is 1.53 bits per heavy atom. The molecule has 0 radical (unpaired) electrons. The summed E-state index contributed by atoms with van der Waals surface area (Å²) in [5.41, 5.74) is 0.440. The molecular formula is C10H16ClN3O. The van der Waals surface area contributed by atoms with Gasteiger partial charge in [0.1, 0.15) is 5.02 Å². The van der Waals surface area contributed by atoms with Gasteiger partial charge in [0.25, 0.3) is 5.56 Å². The van der Waals surface area contributed by atoms with Crippen LogP contribution in [-0.2, 0) is 7.05 Å². The molecule has 0 aliphatic heterocycles. The lowest BCUT2D eigenvalue weighted by Gasteiger charge is -2.19. The van der Waals surface area contributed by atoms with Gasteiger partial charge in [-0.2, -0.15) is 5.10 Å². The topological polar surface area (TPSA) is 46.9 Å². The predicted molar refractivity (Wildman–Crippen MR) is 62.4 cm³/mol. The van der Waals surface area contributed by atoms with E-state index >= 15 is 0 Å². The first-order chi connectivity index (χ1) is 6.81. The van der Waals surface area contributed by atoms with Gasteiger partial charge in [-0.05, 0) is 5.41 Å². The normalized spacial score (nSPS) is 11.5. The summed E-state index contributed by atoms with van der Waals surface area (Å²) in [6.45, 7) is 7.04. The van der Waals surface area contributed by atoms with E-state index in [2.05, 4.69) is 31.2 Å². The Bertz CT molecular complexity index is 406. The van der Waals surface area contributed by atoms with E-state index in [0.717, 1.165) is 6.54 Å². The highest BCUT2D eigenvalue weighted by Crippen LogP contribution is 2.18. The van der Waals surface area contributed by atoms with E-state index < -0.39 is 0 Å². The summed E-state index contributed by atoms with van der Waals surface area (Å²) in [6.07, 6.45) is 1.56. The van der Waals surface area contributed by atoms with Crippen LogP contribution in [0.4, 0.5) is 5.69 Å². The second-order valence-corrected chi connectivity index (χ2v) is 5.09. The Hall–Kier alpha value is -1.03. The van der Waals surface area contributed by atoms with Crippen LogP contribution < -0.4 is 10.9 Å². The lowest BCUT2D eigenvalue weighted by Crippen LogP contribution is -2.24. The van der Waals surface area contributed by atoms with E-state index in [1.54, 1.807) is 13.2 Å². The van der Waals surface area contributed by atoms with Gasteiger partial charge >= 0.3 is 0 Å². The first kappa shape index (κ1) is 12.0. The van der Waals surface area contributed by atoms with E-state index in [1.165, 1.54) is 4.68 Å². The standard InChI is InChI=1S/C10H16ClN3O/c1-10(2,3)6-12-7-5-13-14(4)9(15)8(7)11/h5,12H,6H2,1-4H3. The molecular weight excluding hydrogens is 214 g/mol. The highest BCUT2D eigenvalue weighted by Gasteiger charge is 2.12. The van der Waals surface area contributed by atoms with Gasteiger partial charge in [-0.1, -0.05) is 32.4 Å². The first-order valence-electron chi connectivity index (χ1n) is 4.77. The molecule has 15 heavy (non-hydrogen) atoms. The zero-order valence-electron chi connectivity index (χ0n) is 9.47. The van der Waals surface area contributed by atoms with Gasteiger partial charge in [-0.15, -0.1) is 0 Å². The quantitative estimate of drug-likeness (QED) is 0.843. The Labute approximate surface area is 94.3 Å². The number of hydrogen-bond acceptors (Lipinski definition) is 3. The third kappa shape index (κ3) is 3.23. The van der Waals surface area contributed by atoms with Crippen LogP contribution in [0.2, 0.25) is 5.02 Å². The Morgan fingerprint density at radius 2 is 2.13 bits per heavy atom. The molecule has 1 rings (SSSR count). The van der Waals surface area contributed by atoms with Crippen LogP contribution >= 0.6 is 11.6 Å². The predicted octanol–water partition coefficient (Wildman–Crippen LogP) is 1.89. The summed E-state index contributed by atoms with van der Waals surface area (Å²) in [5.74, 6) is 0. The molecule has 0 fully saturated rings. The van der Waals surface area contributed by atoms with E-state index in [4.69, 9.17) is 11.6 Å². The van der Waals surface area contributed by atoms with Crippen LogP contribution in [-0.4, -0.2) is 16.3 Å². The second kappa shape index (κ2) is 4.23. The smallest absolute Gasteiger partial charge is 0.287 e. The van der Waals surface area contributed by atoms with Crippen LogP contribution in [0.3, 0.4) is 0 Å². The van der Waals surface area contributed by atoms with Crippen molar-refractivity contribution in [3.05, 3.63) is 21.6 Å². The molecule has 1 N–H and O–H groups in total. The number of halogens is 1. The van der Waals surface area contributed by atoms with Gasteiger partial charge in [0.2, 0.25) is 0 Å². The maximum Gasteiger partial charge on any atom is 0.287 e. The van der Waals surface area contributed by atoms with Gasteiger partial charge in [0.05, 0.1) is 11.9 Å². The van der Waals surface area contributed by atoms with Crippen molar-refractivity contribution in [2.45, 2.75) is 20.8 Å². The van der Waals surface area contributed by atoms with E-state index in [9.17, 15) is 4.79 Å². The molecule has 4 nitrogen and oxygen atoms in total. The van der Waals surface area contributed by atoms with Crippen molar-refractivity contribution in [1.82, 2.24) is 9.78 Å². The molecule has 1 heterocycles. The summed E-state index contributed by atoms with van der Waals surface area (Å²) in [4.78, 5) is 11.4. The number of hydrogen-bond donors (Lipinski definition) is 1. The van der Waals surface area contributed by atoms with E-state index in [0.29, 0.717) is 5.69 Å². The number of rotatable bonds is 2. The number of nitrogens with one attached hydrogen (secondary N) is 1. The summed E-state index contributed by atoms with van der Waals surface area (Å²) in [6, 6.07) is 0. The molecule has 0 aliphatic carbocycles. The minimum atomic E-state index is -0.282. The summed E-state index contributed by atoms with van der Waals surface area (Å²) < 4.78 is 1.21. The molecule has 0 unspecified atom stereocenters. The lowest BCUT2D eigenvalue weighted by atomic mass is 9.97. The van der Waals surface area contributed by atoms with Crippen molar-refractivity contribution in [3.63, 3.8) is 0 Å². The third-order valence-electron chi connectivity index (χ3n) is 1.89. The van der Waals surface area contributed by atoms with Crippen molar-refractivity contribution >= 4 is 17.3 Å². The van der Waals surface area contributed by atoms with Gasteiger partial charge < -0.3 is 5.32 Å². The molecule has 0 atom stereocenters. The molecule has 1 aromatic heterocycles. The van der Waals surface area contributed by atoms with Crippen LogP contribution in [0.25, 0.3) is 0 Å². The molecule has 0 saturated carbocycles. The average Bonchev–Trinajstić information content (AvgIpc) is 2.12. The highest BCUT2D eigenvalue weighted by molar-refractivity contribution is 6.32. The van der Waals surface area contributed by atoms with Crippen molar-refractivity contribution in [2.75, 3.05) is 11.9 Å². The Balaban J connectivity index is 2.89.